The van der Waals surface area contributed by atoms with Crippen LogP contribution in [0.1, 0.15) is 6.42 Å². The number of carbonyl (C=O) groups is 1. The lowest BCUT2D eigenvalue weighted by atomic mass is 10.3. The fraction of sp³-hybridized carbons (Fsp3) is 0.889. The molecular formula is C9H18N2O3. The number of aliphatic hydroxyl groups excluding tert-OH is 1. The van der Waals surface area contributed by atoms with E-state index in [1.807, 2.05) is 0 Å². The third-order valence-electron chi connectivity index (χ3n) is 2.35. The summed E-state index contributed by atoms with van der Waals surface area (Å²) in [7, 11) is 1.62. The molecule has 1 saturated heterocycles. The van der Waals surface area contributed by atoms with Gasteiger partial charge in [0, 0.05) is 20.2 Å². The van der Waals surface area contributed by atoms with Crippen molar-refractivity contribution in [1.82, 2.24) is 10.2 Å². The molecule has 0 aromatic rings. The molecule has 0 aromatic carbocycles. The smallest absolute Gasteiger partial charge is 0.242 e. The summed E-state index contributed by atoms with van der Waals surface area (Å²) >= 11 is 0. The van der Waals surface area contributed by atoms with Gasteiger partial charge in [0.15, 0.2) is 0 Å². The molecule has 82 valence electrons. The van der Waals surface area contributed by atoms with Gasteiger partial charge in [-0.3, -0.25) is 4.79 Å². The van der Waals surface area contributed by atoms with Crippen LogP contribution in [-0.2, 0) is 9.53 Å². The number of carbonyl (C=O) groups excluding carboxylic acids is 1. The largest absolute Gasteiger partial charge is 0.394 e. The quantitative estimate of drug-likeness (QED) is 0.602. The predicted octanol–water partition coefficient (Wildman–Crippen LogP) is -1.18. The Bertz CT molecular complexity index is 187. The van der Waals surface area contributed by atoms with E-state index in [-0.39, 0.29) is 12.5 Å². The maximum atomic E-state index is 11.7. The molecule has 1 rings (SSSR count). The monoisotopic (exact) mass is 202 g/mol. The molecule has 0 aromatic heterocycles. The van der Waals surface area contributed by atoms with Crippen molar-refractivity contribution < 1.29 is 14.6 Å². The van der Waals surface area contributed by atoms with Crippen LogP contribution in [0.3, 0.4) is 0 Å². The van der Waals surface area contributed by atoms with E-state index >= 15 is 0 Å². The summed E-state index contributed by atoms with van der Waals surface area (Å²) in [4.78, 5) is 13.5. The third-order valence-corrected chi connectivity index (χ3v) is 2.35. The van der Waals surface area contributed by atoms with Crippen molar-refractivity contribution in [2.75, 3.05) is 40.0 Å². The summed E-state index contributed by atoms with van der Waals surface area (Å²) in [5.74, 6) is -0.0259. The van der Waals surface area contributed by atoms with E-state index in [1.54, 1.807) is 12.0 Å². The molecule has 1 heterocycles. The second kappa shape index (κ2) is 5.95. The first-order valence-corrected chi connectivity index (χ1v) is 4.91. The molecular weight excluding hydrogens is 184 g/mol. The van der Waals surface area contributed by atoms with Crippen LogP contribution in [0.15, 0.2) is 0 Å². The summed E-state index contributed by atoms with van der Waals surface area (Å²) in [6, 6.07) is -0.436. The summed E-state index contributed by atoms with van der Waals surface area (Å²) < 4.78 is 4.93. The van der Waals surface area contributed by atoms with Gasteiger partial charge in [-0.2, -0.15) is 0 Å². The minimum Gasteiger partial charge on any atom is -0.394 e. The molecule has 0 aliphatic carbocycles. The Morgan fingerprint density at radius 2 is 2.50 bits per heavy atom. The summed E-state index contributed by atoms with van der Waals surface area (Å²) in [5.41, 5.74) is 0. The fourth-order valence-corrected chi connectivity index (χ4v) is 1.53. The van der Waals surface area contributed by atoms with Gasteiger partial charge in [-0.25, -0.2) is 0 Å². The van der Waals surface area contributed by atoms with Gasteiger partial charge >= 0.3 is 0 Å². The lowest BCUT2D eigenvalue weighted by Crippen LogP contribution is -2.46. The van der Waals surface area contributed by atoms with Crippen LogP contribution in [-0.4, -0.2) is 61.9 Å². The molecule has 0 spiro atoms. The van der Waals surface area contributed by atoms with Crippen LogP contribution < -0.4 is 5.32 Å². The number of nitrogens with one attached hydrogen (secondary N) is 1. The van der Waals surface area contributed by atoms with E-state index in [2.05, 4.69) is 5.32 Å². The minimum absolute atomic E-state index is 0.0259. The zero-order valence-electron chi connectivity index (χ0n) is 8.53. The molecule has 0 radical (unpaired) electrons. The highest BCUT2D eigenvalue weighted by Gasteiger charge is 2.25. The van der Waals surface area contributed by atoms with Crippen molar-refractivity contribution in [3.63, 3.8) is 0 Å². The van der Waals surface area contributed by atoms with Crippen molar-refractivity contribution in [2.24, 2.45) is 0 Å². The molecule has 1 amide bonds. The van der Waals surface area contributed by atoms with Crippen LogP contribution in [0.4, 0.5) is 0 Å². The van der Waals surface area contributed by atoms with Gasteiger partial charge < -0.3 is 20.1 Å². The predicted molar refractivity (Wildman–Crippen MR) is 51.9 cm³/mol. The van der Waals surface area contributed by atoms with Crippen molar-refractivity contribution in [1.29, 1.82) is 0 Å². The number of methoxy groups -OCH3 is 1. The van der Waals surface area contributed by atoms with Crippen LogP contribution in [0, 0.1) is 0 Å². The normalized spacial score (nSPS) is 23.7. The van der Waals surface area contributed by atoms with Crippen molar-refractivity contribution in [3.05, 3.63) is 0 Å². The van der Waals surface area contributed by atoms with Crippen molar-refractivity contribution in [3.8, 4) is 0 Å². The first kappa shape index (κ1) is 11.4. The van der Waals surface area contributed by atoms with Gasteiger partial charge in [0.05, 0.1) is 13.2 Å². The van der Waals surface area contributed by atoms with E-state index in [0.717, 1.165) is 19.5 Å². The van der Waals surface area contributed by atoms with Gasteiger partial charge in [0.1, 0.15) is 6.04 Å². The highest BCUT2D eigenvalue weighted by molar-refractivity contribution is 5.82. The Balaban J connectivity index is 2.49. The number of nitrogens with zero attached hydrogens (tertiary/aromatic N) is 1. The van der Waals surface area contributed by atoms with Gasteiger partial charge in [0.2, 0.25) is 5.91 Å². The fourth-order valence-electron chi connectivity index (χ4n) is 1.53. The third kappa shape index (κ3) is 2.94. The number of rotatable bonds is 4. The van der Waals surface area contributed by atoms with Gasteiger partial charge in [0.25, 0.3) is 0 Å². The van der Waals surface area contributed by atoms with E-state index in [4.69, 9.17) is 9.84 Å². The summed E-state index contributed by atoms with van der Waals surface area (Å²) in [5, 5.41) is 12.0. The van der Waals surface area contributed by atoms with Gasteiger partial charge in [-0.15, -0.1) is 0 Å². The Labute approximate surface area is 84.0 Å². The minimum atomic E-state index is -0.436. The average Bonchev–Trinajstić information content (AvgIpc) is 2.38. The lowest BCUT2D eigenvalue weighted by molar-refractivity contribution is -0.134. The summed E-state index contributed by atoms with van der Waals surface area (Å²) in [6.07, 6.45) is 0.923. The SMILES string of the molecule is COCCN1CCCNC(CO)C1=O. The number of hydrogen-bond acceptors (Lipinski definition) is 4. The van der Waals surface area contributed by atoms with Crippen molar-refractivity contribution >= 4 is 5.91 Å². The summed E-state index contributed by atoms with van der Waals surface area (Å²) in [6.45, 7) is 2.53. The molecule has 5 nitrogen and oxygen atoms in total. The van der Waals surface area contributed by atoms with E-state index < -0.39 is 6.04 Å². The van der Waals surface area contributed by atoms with Crippen LogP contribution >= 0.6 is 0 Å². The number of aliphatic hydroxyl groups is 1. The highest BCUT2D eigenvalue weighted by atomic mass is 16.5. The Morgan fingerprint density at radius 3 is 3.14 bits per heavy atom. The molecule has 1 aliphatic heterocycles. The maximum absolute atomic E-state index is 11.7. The van der Waals surface area contributed by atoms with E-state index in [0.29, 0.717) is 13.2 Å². The van der Waals surface area contributed by atoms with Crippen LogP contribution in [0.2, 0.25) is 0 Å². The number of hydrogen-bond donors (Lipinski definition) is 2. The Kier molecular flexibility index (Phi) is 4.86. The molecule has 1 aliphatic rings. The first-order chi connectivity index (χ1) is 6.79. The molecule has 1 fully saturated rings. The second-order valence-corrected chi connectivity index (χ2v) is 3.36. The first-order valence-electron chi connectivity index (χ1n) is 4.91. The zero-order valence-corrected chi connectivity index (χ0v) is 8.53. The van der Waals surface area contributed by atoms with E-state index in [1.165, 1.54) is 0 Å². The molecule has 2 N–H and O–H groups in total. The molecule has 14 heavy (non-hydrogen) atoms. The Morgan fingerprint density at radius 1 is 1.71 bits per heavy atom. The molecule has 0 bridgehead atoms. The maximum Gasteiger partial charge on any atom is 0.242 e. The topological polar surface area (TPSA) is 61.8 Å². The van der Waals surface area contributed by atoms with Gasteiger partial charge in [-0.05, 0) is 13.0 Å². The Hall–Kier alpha value is -0.650. The molecule has 5 heteroatoms. The van der Waals surface area contributed by atoms with Crippen LogP contribution in [0.5, 0.6) is 0 Å². The average molecular weight is 202 g/mol. The zero-order chi connectivity index (χ0) is 10.4. The van der Waals surface area contributed by atoms with Crippen LogP contribution in [0.25, 0.3) is 0 Å². The van der Waals surface area contributed by atoms with E-state index in [9.17, 15) is 4.79 Å². The van der Waals surface area contributed by atoms with Crippen molar-refractivity contribution in [2.45, 2.75) is 12.5 Å². The molecule has 1 atom stereocenters. The lowest BCUT2D eigenvalue weighted by Gasteiger charge is -2.22. The number of amides is 1. The van der Waals surface area contributed by atoms with Gasteiger partial charge in [-0.1, -0.05) is 0 Å². The second-order valence-electron chi connectivity index (χ2n) is 3.36. The standard InChI is InChI=1S/C9H18N2O3/c1-14-6-5-11-4-2-3-10-8(7-12)9(11)13/h8,10,12H,2-7H2,1H3. The highest BCUT2D eigenvalue weighted by Crippen LogP contribution is 2.01. The number of ether oxygens (including phenoxy) is 1. The molecule has 1 unspecified atom stereocenters. The molecule has 0 saturated carbocycles.